The fourth-order valence-electron chi connectivity index (χ4n) is 4.15. The number of amides is 1. The molecule has 1 aliphatic rings. The molecule has 1 saturated heterocycles. The number of carbonyl (C=O) groups excluding carboxylic acids is 1. The van der Waals surface area contributed by atoms with Crippen molar-refractivity contribution in [3.63, 3.8) is 0 Å². The molecule has 1 aliphatic heterocycles. The van der Waals surface area contributed by atoms with Gasteiger partial charge in [-0.15, -0.1) is 0 Å². The van der Waals surface area contributed by atoms with E-state index >= 15 is 0 Å². The van der Waals surface area contributed by atoms with Crippen molar-refractivity contribution in [1.29, 1.82) is 0 Å². The number of nitrogens with zero attached hydrogens (tertiary/aromatic N) is 4. The maximum Gasteiger partial charge on any atom is 0.227 e. The summed E-state index contributed by atoms with van der Waals surface area (Å²) in [6, 6.07) is 14.7. The van der Waals surface area contributed by atoms with Crippen molar-refractivity contribution < 1.29 is 9.18 Å². The molecule has 0 N–H and O–H groups in total. The molecule has 0 aliphatic carbocycles. The average Bonchev–Trinajstić information content (AvgIpc) is 2.78. The number of halogens is 1. The molecule has 166 valence electrons. The van der Waals surface area contributed by atoms with Gasteiger partial charge in [-0.25, -0.2) is 14.4 Å². The van der Waals surface area contributed by atoms with Gasteiger partial charge in [0.25, 0.3) is 0 Å². The lowest BCUT2D eigenvalue weighted by atomic mass is 10.0. The fraction of sp³-hybridized carbons (Fsp3) is 0.346. The molecular formula is C26H29FN4O. The minimum absolute atomic E-state index is 0.0752. The molecule has 0 radical (unpaired) electrons. The second-order valence-corrected chi connectivity index (χ2v) is 8.49. The average molecular weight is 433 g/mol. The van der Waals surface area contributed by atoms with Crippen molar-refractivity contribution >= 4 is 11.7 Å². The van der Waals surface area contributed by atoms with Gasteiger partial charge in [0.05, 0.1) is 6.42 Å². The lowest BCUT2D eigenvalue weighted by molar-refractivity contribution is -0.130. The SMILES string of the molecule is Cc1ccc(Cc2c(C)nc(C)nc2N2CCN(C(=O)Cc3ccc(F)cc3)CC2)cc1. The quantitative estimate of drug-likeness (QED) is 0.611. The normalized spacial score (nSPS) is 14.0. The van der Waals surface area contributed by atoms with E-state index in [1.807, 2.05) is 18.7 Å². The van der Waals surface area contributed by atoms with Gasteiger partial charge in [-0.05, 0) is 44.0 Å². The Hall–Kier alpha value is -3.28. The number of anilines is 1. The Morgan fingerprint density at radius 2 is 1.50 bits per heavy atom. The summed E-state index contributed by atoms with van der Waals surface area (Å²) < 4.78 is 13.1. The molecule has 0 saturated carbocycles. The van der Waals surface area contributed by atoms with E-state index < -0.39 is 0 Å². The molecule has 0 unspecified atom stereocenters. The van der Waals surface area contributed by atoms with E-state index in [1.165, 1.54) is 23.3 Å². The van der Waals surface area contributed by atoms with Crippen molar-refractivity contribution in [2.45, 2.75) is 33.6 Å². The number of rotatable bonds is 5. The van der Waals surface area contributed by atoms with E-state index in [4.69, 9.17) is 4.98 Å². The maximum absolute atomic E-state index is 13.1. The number of piperazine rings is 1. The van der Waals surface area contributed by atoms with Gasteiger partial charge < -0.3 is 9.80 Å². The standard InChI is InChI=1S/C26H29FN4O/c1-18-4-6-21(7-5-18)16-24-19(2)28-20(3)29-26(24)31-14-12-30(13-15-31)25(32)17-22-8-10-23(27)11-9-22/h4-11H,12-17H2,1-3H3. The monoisotopic (exact) mass is 432 g/mol. The number of aryl methyl sites for hydroxylation is 3. The topological polar surface area (TPSA) is 49.3 Å². The number of hydrogen-bond acceptors (Lipinski definition) is 4. The Bertz CT molecular complexity index is 1090. The van der Waals surface area contributed by atoms with Crippen LogP contribution in [0.2, 0.25) is 0 Å². The van der Waals surface area contributed by atoms with Crippen LogP contribution in [0.5, 0.6) is 0 Å². The minimum Gasteiger partial charge on any atom is -0.353 e. The lowest BCUT2D eigenvalue weighted by Crippen LogP contribution is -2.49. The molecule has 2 heterocycles. The van der Waals surface area contributed by atoms with Crippen molar-refractivity contribution in [2.75, 3.05) is 31.1 Å². The predicted octanol–water partition coefficient (Wildman–Crippen LogP) is 4.02. The highest BCUT2D eigenvalue weighted by atomic mass is 19.1. The first-order valence-corrected chi connectivity index (χ1v) is 11.1. The van der Waals surface area contributed by atoms with E-state index in [-0.39, 0.29) is 11.7 Å². The first kappa shape index (κ1) is 21.9. The highest BCUT2D eigenvalue weighted by molar-refractivity contribution is 5.79. The summed E-state index contributed by atoms with van der Waals surface area (Å²) in [6.45, 7) is 8.81. The van der Waals surface area contributed by atoms with Gasteiger partial charge in [0.15, 0.2) is 0 Å². The Labute approximate surface area is 188 Å². The second kappa shape index (κ2) is 9.47. The summed E-state index contributed by atoms with van der Waals surface area (Å²) >= 11 is 0. The zero-order chi connectivity index (χ0) is 22.7. The van der Waals surface area contributed by atoms with Crippen LogP contribution in [0.4, 0.5) is 10.2 Å². The largest absolute Gasteiger partial charge is 0.353 e. The van der Waals surface area contributed by atoms with Gasteiger partial charge in [0.2, 0.25) is 5.91 Å². The van der Waals surface area contributed by atoms with Gasteiger partial charge in [-0.1, -0.05) is 42.0 Å². The number of aromatic nitrogens is 2. The Balaban J connectivity index is 1.46. The van der Waals surface area contributed by atoms with E-state index in [0.29, 0.717) is 19.5 Å². The summed E-state index contributed by atoms with van der Waals surface area (Å²) in [7, 11) is 0. The van der Waals surface area contributed by atoms with E-state index in [1.54, 1.807) is 12.1 Å². The van der Waals surface area contributed by atoms with Crippen LogP contribution in [0.15, 0.2) is 48.5 Å². The minimum atomic E-state index is -0.285. The molecule has 5 nitrogen and oxygen atoms in total. The van der Waals surface area contributed by atoms with Gasteiger partial charge in [-0.2, -0.15) is 0 Å². The van der Waals surface area contributed by atoms with Crippen molar-refractivity contribution in [3.05, 3.63) is 88.1 Å². The van der Waals surface area contributed by atoms with Crippen LogP contribution in [0, 0.1) is 26.6 Å². The highest BCUT2D eigenvalue weighted by Crippen LogP contribution is 2.25. The third kappa shape index (κ3) is 5.13. The first-order valence-electron chi connectivity index (χ1n) is 11.1. The third-order valence-corrected chi connectivity index (χ3v) is 6.01. The van der Waals surface area contributed by atoms with Crippen LogP contribution >= 0.6 is 0 Å². The second-order valence-electron chi connectivity index (χ2n) is 8.49. The highest BCUT2D eigenvalue weighted by Gasteiger charge is 2.25. The molecule has 4 rings (SSSR count). The van der Waals surface area contributed by atoms with E-state index in [2.05, 4.69) is 41.1 Å². The molecule has 0 spiro atoms. The molecule has 2 aromatic carbocycles. The summed E-state index contributed by atoms with van der Waals surface area (Å²) in [5, 5.41) is 0. The summed E-state index contributed by atoms with van der Waals surface area (Å²) in [4.78, 5) is 26.3. The number of carbonyl (C=O) groups is 1. The zero-order valence-corrected chi connectivity index (χ0v) is 18.9. The van der Waals surface area contributed by atoms with Crippen LogP contribution in [0.1, 0.15) is 33.8 Å². The van der Waals surface area contributed by atoms with Crippen molar-refractivity contribution in [1.82, 2.24) is 14.9 Å². The molecule has 3 aromatic rings. The summed E-state index contributed by atoms with van der Waals surface area (Å²) in [5.74, 6) is 1.53. The molecule has 0 bridgehead atoms. The Morgan fingerprint density at radius 3 is 2.16 bits per heavy atom. The molecule has 1 amide bonds. The smallest absolute Gasteiger partial charge is 0.227 e. The van der Waals surface area contributed by atoms with Gasteiger partial charge in [0, 0.05) is 43.9 Å². The van der Waals surface area contributed by atoms with Gasteiger partial charge in [0.1, 0.15) is 17.5 Å². The van der Waals surface area contributed by atoms with Crippen molar-refractivity contribution in [3.8, 4) is 0 Å². The van der Waals surface area contributed by atoms with Gasteiger partial charge >= 0.3 is 0 Å². The van der Waals surface area contributed by atoms with Crippen LogP contribution in [-0.4, -0.2) is 47.0 Å². The van der Waals surface area contributed by atoms with Crippen LogP contribution in [-0.2, 0) is 17.6 Å². The molecule has 1 aromatic heterocycles. The summed E-state index contributed by atoms with van der Waals surface area (Å²) in [5.41, 5.74) is 5.46. The molecule has 1 fully saturated rings. The molecule has 6 heteroatoms. The van der Waals surface area contributed by atoms with Crippen LogP contribution in [0.3, 0.4) is 0 Å². The van der Waals surface area contributed by atoms with Crippen LogP contribution in [0.25, 0.3) is 0 Å². The molecule has 0 atom stereocenters. The fourth-order valence-corrected chi connectivity index (χ4v) is 4.15. The van der Waals surface area contributed by atoms with Crippen molar-refractivity contribution in [2.24, 2.45) is 0 Å². The van der Waals surface area contributed by atoms with Gasteiger partial charge in [-0.3, -0.25) is 4.79 Å². The van der Waals surface area contributed by atoms with Crippen LogP contribution < -0.4 is 4.90 Å². The zero-order valence-electron chi connectivity index (χ0n) is 18.9. The number of hydrogen-bond donors (Lipinski definition) is 0. The summed E-state index contributed by atoms with van der Waals surface area (Å²) in [6.07, 6.45) is 1.08. The maximum atomic E-state index is 13.1. The predicted molar refractivity (Wildman–Crippen MR) is 124 cm³/mol. The Kier molecular flexibility index (Phi) is 6.49. The third-order valence-electron chi connectivity index (χ3n) is 6.01. The van der Waals surface area contributed by atoms with E-state index in [0.717, 1.165) is 48.0 Å². The first-order chi connectivity index (χ1) is 15.4. The lowest BCUT2D eigenvalue weighted by Gasteiger charge is -2.36. The molecule has 32 heavy (non-hydrogen) atoms. The Morgan fingerprint density at radius 1 is 0.875 bits per heavy atom. The van der Waals surface area contributed by atoms with E-state index in [9.17, 15) is 9.18 Å². The molecular weight excluding hydrogens is 403 g/mol. The number of benzene rings is 2.